The van der Waals surface area contributed by atoms with E-state index in [2.05, 4.69) is 44.2 Å². The highest BCUT2D eigenvalue weighted by molar-refractivity contribution is 5.92. The van der Waals surface area contributed by atoms with Crippen LogP contribution in [0.25, 0.3) is 11.1 Å². The zero-order chi connectivity index (χ0) is 24.2. The van der Waals surface area contributed by atoms with Gasteiger partial charge in [0.2, 0.25) is 0 Å². The third-order valence-electron chi connectivity index (χ3n) is 6.16. The molecule has 3 aromatic carbocycles. The van der Waals surface area contributed by atoms with Crippen LogP contribution in [0.1, 0.15) is 85.8 Å². The number of carbonyl (C=O) groups is 1. The zero-order valence-electron chi connectivity index (χ0n) is 20.5. The minimum Gasteiger partial charge on any atom is -0.422 e. The summed E-state index contributed by atoms with van der Waals surface area (Å²) in [5.74, 6) is -0.144. The van der Waals surface area contributed by atoms with Crippen molar-refractivity contribution >= 4 is 5.97 Å². The largest absolute Gasteiger partial charge is 0.422 e. The molecule has 0 amide bonds. The Kier molecular flexibility index (Phi) is 9.92. The van der Waals surface area contributed by atoms with Gasteiger partial charge in [-0.1, -0.05) is 88.4 Å². The van der Waals surface area contributed by atoms with Crippen LogP contribution in [0.4, 0.5) is 0 Å². The van der Waals surface area contributed by atoms with Crippen molar-refractivity contribution in [2.45, 2.75) is 71.6 Å². The molecule has 3 aromatic rings. The third-order valence-corrected chi connectivity index (χ3v) is 6.16. The first-order valence-corrected chi connectivity index (χ1v) is 12.6. The van der Waals surface area contributed by atoms with Gasteiger partial charge in [0.1, 0.15) is 11.8 Å². The maximum Gasteiger partial charge on any atom is 0.343 e. The fraction of sp³-hybridized carbons (Fsp3) is 0.355. The Bertz CT molecular complexity index is 1090. The standard InChI is InChI=1S/C31H35NO2/c1-3-5-7-9-10-24-12-15-26(16-13-24)27-17-19-28(20-18-27)31(33)34-30-21-14-25(11-8-6-4-2)22-29(30)23-32/h12-22H,3-11H2,1-2H3. The Morgan fingerprint density at radius 1 is 0.735 bits per heavy atom. The number of nitriles is 1. The molecule has 0 aromatic heterocycles. The molecule has 34 heavy (non-hydrogen) atoms. The molecule has 3 rings (SSSR count). The fourth-order valence-electron chi connectivity index (χ4n) is 4.07. The van der Waals surface area contributed by atoms with E-state index in [9.17, 15) is 10.1 Å². The van der Waals surface area contributed by atoms with Crippen molar-refractivity contribution in [2.24, 2.45) is 0 Å². The summed E-state index contributed by atoms with van der Waals surface area (Å²) in [5.41, 5.74) is 5.51. The first-order valence-electron chi connectivity index (χ1n) is 12.6. The monoisotopic (exact) mass is 453 g/mol. The summed E-state index contributed by atoms with van der Waals surface area (Å²) in [4.78, 5) is 12.7. The van der Waals surface area contributed by atoms with E-state index in [0.717, 1.165) is 48.8 Å². The fourth-order valence-corrected chi connectivity index (χ4v) is 4.07. The van der Waals surface area contributed by atoms with Crippen molar-refractivity contribution in [3.8, 4) is 22.9 Å². The van der Waals surface area contributed by atoms with E-state index >= 15 is 0 Å². The summed E-state index contributed by atoms with van der Waals surface area (Å²) in [6, 6.07) is 23.8. The van der Waals surface area contributed by atoms with Gasteiger partial charge in [0.05, 0.1) is 11.1 Å². The second-order valence-corrected chi connectivity index (χ2v) is 8.87. The lowest BCUT2D eigenvalue weighted by Gasteiger charge is -2.09. The lowest BCUT2D eigenvalue weighted by Crippen LogP contribution is -2.09. The smallest absolute Gasteiger partial charge is 0.343 e. The summed E-state index contributed by atoms with van der Waals surface area (Å²) in [7, 11) is 0. The highest BCUT2D eigenvalue weighted by Crippen LogP contribution is 2.24. The first-order chi connectivity index (χ1) is 16.6. The molecule has 0 saturated heterocycles. The van der Waals surface area contributed by atoms with E-state index in [4.69, 9.17) is 4.74 Å². The van der Waals surface area contributed by atoms with Gasteiger partial charge in [-0.2, -0.15) is 5.26 Å². The van der Waals surface area contributed by atoms with E-state index in [1.54, 1.807) is 18.2 Å². The quantitative estimate of drug-likeness (QED) is 0.157. The van der Waals surface area contributed by atoms with Crippen LogP contribution < -0.4 is 4.74 Å². The lowest BCUT2D eigenvalue weighted by molar-refractivity contribution is 0.0734. The molecular formula is C31H35NO2. The molecule has 0 radical (unpaired) electrons. The van der Waals surface area contributed by atoms with Gasteiger partial charge in [-0.05, 0) is 72.2 Å². The number of unbranched alkanes of at least 4 members (excludes halogenated alkanes) is 5. The van der Waals surface area contributed by atoms with Crippen molar-refractivity contribution in [3.63, 3.8) is 0 Å². The van der Waals surface area contributed by atoms with Crippen LogP contribution in [0.5, 0.6) is 5.75 Å². The molecule has 0 aliphatic carbocycles. The van der Waals surface area contributed by atoms with Gasteiger partial charge in [-0.15, -0.1) is 0 Å². The minimum absolute atomic E-state index is 0.311. The molecule has 0 atom stereocenters. The van der Waals surface area contributed by atoms with Gasteiger partial charge in [0, 0.05) is 0 Å². The second kappa shape index (κ2) is 13.4. The predicted octanol–water partition coefficient (Wildman–Crippen LogP) is 8.30. The van der Waals surface area contributed by atoms with Crippen LogP contribution in [0.3, 0.4) is 0 Å². The average molecular weight is 454 g/mol. The van der Waals surface area contributed by atoms with Crippen LogP contribution in [0.15, 0.2) is 66.7 Å². The van der Waals surface area contributed by atoms with Gasteiger partial charge in [-0.3, -0.25) is 0 Å². The van der Waals surface area contributed by atoms with Gasteiger partial charge in [0.15, 0.2) is 0 Å². The SMILES string of the molecule is CCCCCCc1ccc(-c2ccc(C(=O)Oc3ccc(CCCCC)cc3C#N)cc2)cc1. The van der Waals surface area contributed by atoms with Crippen LogP contribution >= 0.6 is 0 Å². The van der Waals surface area contributed by atoms with E-state index in [-0.39, 0.29) is 0 Å². The molecule has 0 unspecified atom stereocenters. The predicted molar refractivity (Wildman–Crippen MR) is 139 cm³/mol. The molecule has 0 N–H and O–H groups in total. The molecule has 0 heterocycles. The number of carbonyl (C=O) groups excluding carboxylic acids is 1. The molecule has 176 valence electrons. The number of nitrogens with zero attached hydrogens (tertiary/aromatic N) is 1. The molecule has 0 saturated carbocycles. The molecular weight excluding hydrogens is 418 g/mol. The highest BCUT2D eigenvalue weighted by atomic mass is 16.5. The Balaban J connectivity index is 1.61. The number of rotatable bonds is 12. The minimum atomic E-state index is -0.454. The highest BCUT2D eigenvalue weighted by Gasteiger charge is 2.13. The van der Waals surface area contributed by atoms with E-state index < -0.39 is 5.97 Å². The maximum absolute atomic E-state index is 12.7. The number of benzene rings is 3. The summed E-state index contributed by atoms with van der Waals surface area (Å²) in [5, 5.41) is 9.51. The number of aryl methyl sites for hydroxylation is 2. The second-order valence-electron chi connectivity index (χ2n) is 8.87. The zero-order valence-corrected chi connectivity index (χ0v) is 20.5. The van der Waals surface area contributed by atoms with E-state index in [1.807, 2.05) is 24.3 Å². The van der Waals surface area contributed by atoms with Crippen molar-refractivity contribution < 1.29 is 9.53 Å². The first kappa shape index (κ1) is 25.2. The van der Waals surface area contributed by atoms with Crippen LogP contribution in [-0.2, 0) is 12.8 Å². The summed E-state index contributed by atoms with van der Waals surface area (Å²) >= 11 is 0. The molecule has 0 aliphatic rings. The topological polar surface area (TPSA) is 50.1 Å². The van der Waals surface area contributed by atoms with Gasteiger partial charge < -0.3 is 4.74 Å². The third kappa shape index (κ3) is 7.32. The maximum atomic E-state index is 12.7. The lowest BCUT2D eigenvalue weighted by atomic mass is 10.0. The van der Waals surface area contributed by atoms with Crippen molar-refractivity contribution in [2.75, 3.05) is 0 Å². The normalized spacial score (nSPS) is 10.6. The Morgan fingerprint density at radius 3 is 1.94 bits per heavy atom. The summed E-state index contributed by atoms with van der Waals surface area (Å²) in [6.45, 7) is 4.40. The van der Waals surface area contributed by atoms with Gasteiger partial charge in [-0.25, -0.2) is 4.79 Å². The van der Waals surface area contributed by atoms with Crippen LogP contribution in [0, 0.1) is 11.3 Å². The van der Waals surface area contributed by atoms with Gasteiger partial charge in [0.25, 0.3) is 0 Å². The molecule has 0 bridgehead atoms. The molecule has 0 spiro atoms. The number of hydrogen-bond acceptors (Lipinski definition) is 3. The Morgan fingerprint density at radius 2 is 1.29 bits per heavy atom. The van der Waals surface area contributed by atoms with Crippen molar-refractivity contribution in [1.29, 1.82) is 5.26 Å². The van der Waals surface area contributed by atoms with Gasteiger partial charge >= 0.3 is 5.97 Å². The van der Waals surface area contributed by atoms with E-state index in [0.29, 0.717) is 16.9 Å². The van der Waals surface area contributed by atoms with Crippen molar-refractivity contribution in [1.82, 2.24) is 0 Å². The molecule has 0 aliphatic heterocycles. The van der Waals surface area contributed by atoms with E-state index in [1.165, 1.54) is 31.2 Å². The van der Waals surface area contributed by atoms with Crippen molar-refractivity contribution in [3.05, 3.63) is 89.0 Å². The molecule has 3 heteroatoms. The summed E-state index contributed by atoms with van der Waals surface area (Å²) in [6.07, 6.45) is 10.5. The number of hydrogen-bond donors (Lipinski definition) is 0. The van der Waals surface area contributed by atoms with Crippen LogP contribution in [0.2, 0.25) is 0 Å². The summed E-state index contributed by atoms with van der Waals surface area (Å²) < 4.78 is 5.56. The number of esters is 1. The average Bonchev–Trinajstić information content (AvgIpc) is 2.88. The Labute approximate surface area is 204 Å². The molecule has 3 nitrogen and oxygen atoms in total. The molecule has 0 fully saturated rings. The Hall–Kier alpha value is -3.38. The van der Waals surface area contributed by atoms with Crippen LogP contribution in [-0.4, -0.2) is 5.97 Å². The number of ether oxygens (including phenoxy) is 1.